The number of halogens is 1. The molecule has 2 aromatic heterocycles. The van der Waals surface area contributed by atoms with Gasteiger partial charge in [0.1, 0.15) is 12.1 Å². The summed E-state index contributed by atoms with van der Waals surface area (Å²) in [5.41, 5.74) is 0.238. The number of nitrogens with one attached hydrogen (secondary N) is 1. The van der Waals surface area contributed by atoms with E-state index in [1.54, 1.807) is 13.0 Å². The van der Waals surface area contributed by atoms with E-state index in [0.29, 0.717) is 37.7 Å². The number of hydrogen-bond donors (Lipinski definition) is 1. The first-order valence-electron chi connectivity index (χ1n) is 6.81. The Labute approximate surface area is 121 Å². The van der Waals surface area contributed by atoms with E-state index in [2.05, 4.69) is 19.9 Å². The van der Waals surface area contributed by atoms with Crippen LogP contribution >= 0.6 is 0 Å². The number of hydrogen-bond acceptors (Lipinski definition) is 5. The smallest absolute Gasteiger partial charge is 0.249 e. The van der Waals surface area contributed by atoms with Gasteiger partial charge in [-0.3, -0.25) is 4.79 Å². The lowest BCUT2D eigenvalue weighted by molar-refractivity contribution is 0.573. The Morgan fingerprint density at radius 2 is 1.86 bits per heavy atom. The summed E-state index contributed by atoms with van der Waals surface area (Å²) < 4.78 is 14.0. The predicted octanol–water partition coefficient (Wildman–Crippen LogP) is 0.939. The summed E-state index contributed by atoms with van der Waals surface area (Å²) in [5, 5.41) is 0. The van der Waals surface area contributed by atoms with Gasteiger partial charge in [-0.2, -0.15) is 0 Å². The first-order chi connectivity index (χ1) is 10.1. The second kappa shape index (κ2) is 5.51. The Morgan fingerprint density at radius 1 is 1.14 bits per heavy atom. The van der Waals surface area contributed by atoms with Crippen molar-refractivity contribution in [3.05, 3.63) is 46.4 Å². The highest BCUT2D eigenvalue weighted by molar-refractivity contribution is 5.45. The molecule has 0 saturated carbocycles. The van der Waals surface area contributed by atoms with Gasteiger partial charge in [-0.15, -0.1) is 0 Å². The predicted molar refractivity (Wildman–Crippen MR) is 78.2 cm³/mol. The first kappa shape index (κ1) is 13.5. The monoisotopic (exact) mass is 289 g/mol. The summed E-state index contributed by atoms with van der Waals surface area (Å²) in [6, 6.07) is 5.08. The highest BCUT2D eigenvalue weighted by Gasteiger charge is 2.22. The lowest BCUT2D eigenvalue weighted by Gasteiger charge is -2.36. The van der Waals surface area contributed by atoms with Gasteiger partial charge in [-0.05, 0) is 13.0 Å². The second-order valence-corrected chi connectivity index (χ2v) is 4.97. The normalized spacial score (nSPS) is 15.3. The van der Waals surface area contributed by atoms with Crippen molar-refractivity contribution in [2.45, 2.75) is 6.92 Å². The molecule has 1 saturated heterocycles. The van der Waals surface area contributed by atoms with E-state index in [-0.39, 0.29) is 11.4 Å². The summed E-state index contributed by atoms with van der Waals surface area (Å²) >= 11 is 0. The number of nitrogens with zero attached hydrogens (tertiary/aromatic N) is 4. The molecule has 0 unspecified atom stereocenters. The third-order valence-corrected chi connectivity index (χ3v) is 3.62. The fourth-order valence-corrected chi connectivity index (χ4v) is 2.45. The summed E-state index contributed by atoms with van der Waals surface area (Å²) in [6.07, 6.45) is 1.38. The number of rotatable bonds is 2. The highest BCUT2D eigenvalue weighted by Crippen LogP contribution is 2.20. The number of aryl methyl sites for hydroxylation is 1. The molecule has 2 aromatic rings. The molecule has 7 heteroatoms. The van der Waals surface area contributed by atoms with E-state index in [0.717, 1.165) is 5.82 Å². The average molecular weight is 289 g/mol. The molecule has 0 bridgehead atoms. The zero-order valence-corrected chi connectivity index (χ0v) is 11.7. The summed E-state index contributed by atoms with van der Waals surface area (Å²) in [7, 11) is 0. The molecule has 21 heavy (non-hydrogen) atoms. The van der Waals surface area contributed by atoms with Crippen molar-refractivity contribution in [1.82, 2.24) is 15.0 Å². The highest BCUT2D eigenvalue weighted by atomic mass is 19.1. The van der Waals surface area contributed by atoms with Crippen molar-refractivity contribution in [1.29, 1.82) is 0 Å². The topological polar surface area (TPSA) is 65.1 Å². The zero-order chi connectivity index (χ0) is 14.8. The molecular formula is C14H16FN5O. The van der Waals surface area contributed by atoms with Crippen molar-refractivity contribution in [3.8, 4) is 0 Å². The fraction of sp³-hybridized carbons (Fsp3) is 0.357. The third kappa shape index (κ3) is 2.72. The molecule has 0 aliphatic carbocycles. The van der Waals surface area contributed by atoms with Gasteiger partial charge in [0.15, 0.2) is 11.6 Å². The van der Waals surface area contributed by atoms with Gasteiger partial charge in [0.05, 0.1) is 5.69 Å². The molecular weight excluding hydrogens is 273 g/mol. The summed E-state index contributed by atoms with van der Waals surface area (Å²) in [4.78, 5) is 26.0. The Morgan fingerprint density at radius 3 is 2.57 bits per heavy atom. The van der Waals surface area contributed by atoms with E-state index in [4.69, 9.17) is 0 Å². The minimum Gasteiger partial charge on any atom is -0.355 e. The Bertz CT molecular complexity index is 694. The first-order valence-corrected chi connectivity index (χ1v) is 6.81. The van der Waals surface area contributed by atoms with E-state index in [9.17, 15) is 9.18 Å². The SMILES string of the molecule is Cc1ncnc(N2CCN(c3cccc(=O)[nH]3)CC2)c1F. The molecule has 1 aliphatic rings. The minimum absolute atomic E-state index is 0.118. The Hall–Kier alpha value is -2.44. The molecule has 110 valence electrons. The van der Waals surface area contributed by atoms with Crippen molar-refractivity contribution >= 4 is 11.6 Å². The maximum absolute atomic E-state index is 14.0. The van der Waals surface area contributed by atoms with Crippen LogP contribution < -0.4 is 15.4 Å². The fourth-order valence-electron chi connectivity index (χ4n) is 2.45. The molecule has 1 N–H and O–H groups in total. The Kier molecular flexibility index (Phi) is 3.55. The largest absolute Gasteiger partial charge is 0.355 e. The van der Waals surface area contributed by atoms with E-state index < -0.39 is 0 Å². The maximum Gasteiger partial charge on any atom is 0.249 e. The van der Waals surface area contributed by atoms with Gasteiger partial charge >= 0.3 is 0 Å². The molecule has 1 fully saturated rings. The number of piperazine rings is 1. The second-order valence-electron chi connectivity index (χ2n) is 4.97. The van der Waals surface area contributed by atoms with Crippen LogP contribution in [0.15, 0.2) is 29.3 Å². The number of aromatic amines is 1. The molecule has 0 spiro atoms. The summed E-state index contributed by atoms with van der Waals surface area (Å²) in [6.45, 7) is 4.31. The standard InChI is InChI=1S/C14H16FN5O/c1-10-13(15)14(17-9-16-10)20-7-5-19(6-8-20)11-3-2-4-12(21)18-11/h2-4,9H,5-8H2,1H3,(H,18,21). The Balaban J connectivity index is 1.73. The van der Waals surface area contributed by atoms with E-state index in [1.165, 1.54) is 12.4 Å². The van der Waals surface area contributed by atoms with Gasteiger partial charge in [-0.1, -0.05) is 6.07 Å². The molecule has 0 amide bonds. The molecule has 3 rings (SSSR count). The lowest BCUT2D eigenvalue weighted by atomic mass is 10.3. The van der Waals surface area contributed by atoms with Gasteiger partial charge in [0.2, 0.25) is 5.56 Å². The van der Waals surface area contributed by atoms with Crippen LogP contribution in [-0.2, 0) is 0 Å². The van der Waals surface area contributed by atoms with Crippen molar-refractivity contribution < 1.29 is 4.39 Å². The third-order valence-electron chi connectivity index (χ3n) is 3.62. The van der Waals surface area contributed by atoms with Crippen LogP contribution in [0.4, 0.5) is 16.0 Å². The quantitative estimate of drug-likeness (QED) is 0.891. The van der Waals surface area contributed by atoms with Crippen LogP contribution in [0.3, 0.4) is 0 Å². The minimum atomic E-state index is -0.362. The van der Waals surface area contributed by atoms with E-state index in [1.807, 2.05) is 11.0 Å². The van der Waals surface area contributed by atoms with Crippen LogP contribution in [-0.4, -0.2) is 41.1 Å². The van der Waals surface area contributed by atoms with E-state index >= 15 is 0 Å². The van der Waals surface area contributed by atoms with Crippen molar-refractivity contribution in [3.63, 3.8) is 0 Å². The molecule has 0 radical (unpaired) electrons. The van der Waals surface area contributed by atoms with Crippen molar-refractivity contribution in [2.24, 2.45) is 0 Å². The van der Waals surface area contributed by atoms with Crippen LogP contribution in [0.5, 0.6) is 0 Å². The molecule has 1 aliphatic heterocycles. The van der Waals surface area contributed by atoms with Crippen LogP contribution in [0.25, 0.3) is 0 Å². The van der Waals surface area contributed by atoms with Gasteiger partial charge < -0.3 is 14.8 Å². The lowest BCUT2D eigenvalue weighted by Crippen LogP contribution is -2.47. The maximum atomic E-state index is 14.0. The molecule has 0 atom stereocenters. The van der Waals surface area contributed by atoms with Crippen molar-refractivity contribution in [2.75, 3.05) is 36.0 Å². The number of aromatic nitrogens is 3. The average Bonchev–Trinajstić information content (AvgIpc) is 2.50. The molecule has 6 nitrogen and oxygen atoms in total. The number of pyridine rings is 1. The summed E-state index contributed by atoms with van der Waals surface area (Å²) in [5.74, 6) is 0.782. The van der Waals surface area contributed by atoms with Crippen LogP contribution in [0.1, 0.15) is 5.69 Å². The zero-order valence-electron chi connectivity index (χ0n) is 11.7. The number of anilines is 2. The number of H-pyrrole nitrogens is 1. The van der Waals surface area contributed by atoms with Crippen LogP contribution in [0.2, 0.25) is 0 Å². The molecule has 0 aromatic carbocycles. The van der Waals surface area contributed by atoms with Gasteiger partial charge in [0, 0.05) is 32.2 Å². The van der Waals surface area contributed by atoms with Crippen LogP contribution in [0, 0.1) is 12.7 Å². The van der Waals surface area contributed by atoms with Gasteiger partial charge in [-0.25, -0.2) is 14.4 Å². The van der Waals surface area contributed by atoms with Gasteiger partial charge in [0.25, 0.3) is 0 Å². The molecule has 3 heterocycles.